The van der Waals surface area contributed by atoms with Crippen LogP contribution in [0.5, 0.6) is 5.75 Å². The van der Waals surface area contributed by atoms with Gasteiger partial charge in [0.25, 0.3) is 0 Å². The van der Waals surface area contributed by atoms with E-state index in [0.717, 1.165) is 26.5 Å². The first-order valence-electron chi connectivity index (χ1n) is 7.96. The molecule has 4 aromatic rings. The lowest BCUT2D eigenvalue weighted by Gasteiger charge is -2.05. The Morgan fingerprint density at radius 3 is 2.96 bits per heavy atom. The Labute approximate surface area is 158 Å². The Balaban J connectivity index is 1.64. The normalized spacial score (nSPS) is 11.0. The van der Waals surface area contributed by atoms with Gasteiger partial charge in [-0.3, -0.25) is 4.79 Å². The number of benzene rings is 1. The summed E-state index contributed by atoms with van der Waals surface area (Å²) in [5, 5.41) is 10.1. The molecule has 1 aromatic carbocycles. The molecule has 8 heteroatoms. The van der Waals surface area contributed by atoms with Crippen LogP contribution in [0, 0.1) is 6.92 Å². The smallest absolute Gasteiger partial charge is 0.230 e. The SMILES string of the molecule is COc1ccc2nc(-n3nc(C)cc3NC(=O)Cc3cccs3)sc2c1. The van der Waals surface area contributed by atoms with Crippen molar-refractivity contribution < 1.29 is 9.53 Å². The molecule has 0 bridgehead atoms. The number of thiazole rings is 1. The summed E-state index contributed by atoms with van der Waals surface area (Å²) in [7, 11) is 1.64. The molecule has 0 saturated carbocycles. The maximum Gasteiger partial charge on any atom is 0.230 e. The number of aryl methyl sites for hydroxylation is 1. The molecule has 0 fully saturated rings. The van der Waals surface area contributed by atoms with Gasteiger partial charge in [0, 0.05) is 10.9 Å². The summed E-state index contributed by atoms with van der Waals surface area (Å²) in [6.07, 6.45) is 0.346. The molecule has 0 aliphatic carbocycles. The summed E-state index contributed by atoms with van der Waals surface area (Å²) < 4.78 is 7.95. The largest absolute Gasteiger partial charge is 0.497 e. The molecule has 6 nitrogen and oxygen atoms in total. The number of carbonyl (C=O) groups excluding carboxylic acids is 1. The lowest BCUT2D eigenvalue weighted by molar-refractivity contribution is -0.115. The maximum absolute atomic E-state index is 12.3. The van der Waals surface area contributed by atoms with E-state index in [9.17, 15) is 4.79 Å². The molecule has 26 heavy (non-hydrogen) atoms. The predicted octanol–water partition coefficient (Wildman–Crippen LogP) is 4.04. The summed E-state index contributed by atoms with van der Waals surface area (Å²) in [6.45, 7) is 1.89. The standard InChI is InChI=1S/C18H16N4O2S2/c1-11-8-16(20-17(23)10-13-4-3-7-25-13)22(21-11)18-19-14-6-5-12(24-2)9-15(14)26-18/h3-9H,10H2,1-2H3,(H,20,23). The number of hydrogen-bond donors (Lipinski definition) is 1. The van der Waals surface area contributed by atoms with E-state index in [-0.39, 0.29) is 5.91 Å². The average molecular weight is 384 g/mol. The van der Waals surface area contributed by atoms with Gasteiger partial charge in [0.15, 0.2) is 0 Å². The topological polar surface area (TPSA) is 69.0 Å². The fourth-order valence-electron chi connectivity index (χ4n) is 2.60. The lowest BCUT2D eigenvalue weighted by Crippen LogP contribution is -2.16. The second-order valence-corrected chi connectivity index (χ2v) is 7.76. The van der Waals surface area contributed by atoms with E-state index in [0.29, 0.717) is 17.4 Å². The van der Waals surface area contributed by atoms with Gasteiger partial charge in [-0.25, -0.2) is 4.98 Å². The van der Waals surface area contributed by atoms with E-state index < -0.39 is 0 Å². The number of nitrogens with one attached hydrogen (secondary N) is 1. The van der Waals surface area contributed by atoms with Gasteiger partial charge in [0.05, 0.1) is 29.4 Å². The second kappa shape index (κ2) is 6.89. The van der Waals surface area contributed by atoms with Crippen LogP contribution in [0.2, 0.25) is 0 Å². The minimum atomic E-state index is -0.0728. The molecule has 0 saturated heterocycles. The zero-order valence-corrected chi connectivity index (χ0v) is 15.9. The van der Waals surface area contributed by atoms with Crippen LogP contribution in [0.1, 0.15) is 10.6 Å². The molecule has 0 atom stereocenters. The number of thiophene rings is 1. The molecule has 0 radical (unpaired) electrons. The van der Waals surface area contributed by atoms with Gasteiger partial charge in [-0.2, -0.15) is 9.78 Å². The molecule has 0 aliphatic heterocycles. The first-order valence-corrected chi connectivity index (χ1v) is 9.66. The molecular weight excluding hydrogens is 368 g/mol. The summed E-state index contributed by atoms with van der Waals surface area (Å²) in [5.74, 6) is 1.33. The highest BCUT2D eigenvalue weighted by atomic mass is 32.1. The number of nitrogens with zero attached hydrogens (tertiary/aromatic N) is 3. The first kappa shape index (κ1) is 16.7. The number of aromatic nitrogens is 3. The lowest BCUT2D eigenvalue weighted by atomic mass is 10.3. The molecule has 3 aromatic heterocycles. The third-order valence-corrected chi connectivity index (χ3v) is 5.65. The predicted molar refractivity (Wildman–Crippen MR) is 105 cm³/mol. The fourth-order valence-corrected chi connectivity index (χ4v) is 4.27. The Morgan fingerprint density at radius 1 is 1.31 bits per heavy atom. The average Bonchev–Trinajstić information content (AvgIpc) is 3.33. The molecule has 132 valence electrons. The Bertz CT molecular complexity index is 1070. The monoisotopic (exact) mass is 384 g/mol. The van der Waals surface area contributed by atoms with Crippen molar-refractivity contribution in [1.29, 1.82) is 0 Å². The van der Waals surface area contributed by atoms with Gasteiger partial charge in [-0.15, -0.1) is 11.3 Å². The van der Waals surface area contributed by atoms with Crippen molar-refractivity contribution in [3.8, 4) is 10.9 Å². The van der Waals surface area contributed by atoms with E-state index in [2.05, 4.69) is 15.4 Å². The van der Waals surface area contributed by atoms with Crippen LogP contribution in [0.4, 0.5) is 5.82 Å². The number of fused-ring (bicyclic) bond motifs is 1. The van der Waals surface area contributed by atoms with Crippen molar-refractivity contribution in [2.24, 2.45) is 0 Å². The number of ether oxygens (including phenoxy) is 1. The van der Waals surface area contributed by atoms with Gasteiger partial charge in [0.1, 0.15) is 11.6 Å². The molecular formula is C18H16N4O2S2. The Morgan fingerprint density at radius 2 is 2.19 bits per heavy atom. The van der Waals surface area contributed by atoms with E-state index in [1.165, 1.54) is 11.3 Å². The number of rotatable bonds is 5. The van der Waals surface area contributed by atoms with Crippen LogP contribution in [0.15, 0.2) is 41.8 Å². The zero-order valence-electron chi connectivity index (χ0n) is 14.2. The molecule has 1 N–H and O–H groups in total. The highest BCUT2D eigenvalue weighted by Gasteiger charge is 2.15. The van der Waals surface area contributed by atoms with Crippen LogP contribution in [0.25, 0.3) is 15.3 Å². The minimum Gasteiger partial charge on any atom is -0.497 e. The van der Waals surface area contributed by atoms with E-state index >= 15 is 0 Å². The maximum atomic E-state index is 12.3. The quantitative estimate of drug-likeness (QED) is 0.564. The van der Waals surface area contributed by atoms with Crippen molar-refractivity contribution >= 4 is 44.6 Å². The summed E-state index contributed by atoms with van der Waals surface area (Å²) in [6, 6.07) is 11.5. The van der Waals surface area contributed by atoms with Crippen LogP contribution in [-0.2, 0) is 11.2 Å². The molecule has 4 rings (SSSR count). The van der Waals surface area contributed by atoms with Crippen molar-refractivity contribution in [3.63, 3.8) is 0 Å². The van der Waals surface area contributed by atoms with Crippen molar-refractivity contribution in [3.05, 3.63) is 52.3 Å². The van der Waals surface area contributed by atoms with Gasteiger partial charge in [-0.05, 0) is 36.6 Å². The highest BCUT2D eigenvalue weighted by molar-refractivity contribution is 7.20. The molecule has 0 spiro atoms. The molecule has 3 heterocycles. The van der Waals surface area contributed by atoms with Crippen LogP contribution in [0.3, 0.4) is 0 Å². The van der Waals surface area contributed by atoms with Crippen molar-refractivity contribution in [2.45, 2.75) is 13.3 Å². The van der Waals surface area contributed by atoms with Gasteiger partial charge in [-0.1, -0.05) is 17.4 Å². The number of methoxy groups -OCH3 is 1. The number of carbonyl (C=O) groups is 1. The Kier molecular flexibility index (Phi) is 4.44. The van der Waals surface area contributed by atoms with Crippen molar-refractivity contribution in [2.75, 3.05) is 12.4 Å². The number of amides is 1. The van der Waals surface area contributed by atoms with Crippen LogP contribution in [-0.4, -0.2) is 27.8 Å². The summed E-state index contributed by atoms with van der Waals surface area (Å²) in [4.78, 5) is 18.0. The van der Waals surface area contributed by atoms with E-state index in [4.69, 9.17) is 4.74 Å². The summed E-state index contributed by atoms with van der Waals surface area (Å²) >= 11 is 3.07. The fraction of sp³-hybridized carbons (Fsp3) is 0.167. The van der Waals surface area contributed by atoms with Crippen LogP contribution >= 0.6 is 22.7 Å². The molecule has 1 amide bonds. The van der Waals surface area contributed by atoms with Gasteiger partial charge < -0.3 is 10.1 Å². The van der Waals surface area contributed by atoms with Gasteiger partial charge >= 0.3 is 0 Å². The van der Waals surface area contributed by atoms with Gasteiger partial charge in [0.2, 0.25) is 11.0 Å². The second-order valence-electron chi connectivity index (χ2n) is 5.72. The van der Waals surface area contributed by atoms with E-state index in [1.54, 1.807) is 23.1 Å². The first-order chi connectivity index (χ1) is 12.6. The van der Waals surface area contributed by atoms with E-state index in [1.807, 2.05) is 48.7 Å². The third kappa shape index (κ3) is 3.33. The summed E-state index contributed by atoms with van der Waals surface area (Å²) in [5.41, 5.74) is 1.68. The zero-order chi connectivity index (χ0) is 18.1. The minimum absolute atomic E-state index is 0.0728. The number of hydrogen-bond acceptors (Lipinski definition) is 6. The van der Waals surface area contributed by atoms with Crippen molar-refractivity contribution in [1.82, 2.24) is 14.8 Å². The third-order valence-electron chi connectivity index (χ3n) is 3.78. The number of anilines is 1. The highest BCUT2D eigenvalue weighted by Crippen LogP contribution is 2.30. The van der Waals surface area contributed by atoms with Crippen LogP contribution < -0.4 is 10.1 Å². The Hall–Kier alpha value is -2.71. The molecule has 0 unspecified atom stereocenters. The molecule has 0 aliphatic rings.